The Bertz CT molecular complexity index is 752. The van der Waals surface area contributed by atoms with Gasteiger partial charge in [-0.2, -0.15) is 0 Å². The van der Waals surface area contributed by atoms with Gasteiger partial charge in [0.2, 0.25) is 0 Å². The van der Waals surface area contributed by atoms with Crippen molar-refractivity contribution in [3.63, 3.8) is 0 Å². The Labute approximate surface area is 156 Å². The van der Waals surface area contributed by atoms with E-state index in [4.69, 9.17) is 17.0 Å². The molecule has 0 aromatic carbocycles. The average Bonchev–Trinajstić information content (AvgIpc) is 2.96. The van der Waals surface area contributed by atoms with E-state index in [2.05, 4.69) is 19.4 Å². The minimum absolute atomic E-state index is 0.202. The van der Waals surface area contributed by atoms with Crippen molar-refractivity contribution < 1.29 is 9.53 Å². The van der Waals surface area contributed by atoms with Crippen LogP contribution in [0.3, 0.4) is 0 Å². The van der Waals surface area contributed by atoms with Crippen molar-refractivity contribution in [2.24, 2.45) is 0 Å². The fraction of sp³-hybridized carbons (Fsp3) is 0.471. The molecule has 1 aliphatic rings. The zero-order valence-corrected chi connectivity index (χ0v) is 15.9. The van der Waals surface area contributed by atoms with Gasteiger partial charge in [0.25, 0.3) is 0 Å². The molecule has 134 valence electrons. The van der Waals surface area contributed by atoms with Crippen LogP contribution in [0.4, 0.5) is 5.69 Å². The topological polar surface area (TPSA) is 50.6 Å². The first kappa shape index (κ1) is 18.0. The van der Waals surface area contributed by atoms with Crippen LogP contribution in [-0.2, 0) is 22.6 Å². The van der Waals surface area contributed by atoms with Gasteiger partial charge in [0, 0.05) is 55.3 Å². The number of pyridine rings is 1. The minimum Gasteiger partial charge on any atom is -0.466 e. The van der Waals surface area contributed by atoms with Crippen LogP contribution in [0.1, 0.15) is 12.6 Å². The van der Waals surface area contributed by atoms with Crippen LogP contribution in [0.5, 0.6) is 0 Å². The summed E-state index contributed by atoms with van der Waals surface area (Å²) in [5.41, 5.74) is 2.15. The molecule has 2 aromatic heterocycles. The van der Waals surface area contributed by atoms with Crippen LogP contribution in [0.25, 0.3) is 0 Å². The van der Waals surface area contributed by atoms with Gasteiger partial charge in [-0.1, -0.05) is 0 Å². The maximum Gasteiger partial charge on any atom is 0.311 e. The van der Waals surface area contributed by atoms with Crippen molar-refractivity contribution >= 4 is 35.2 Å². The predicted molar refractivity (Wildman–Crippen MR) is 102 cm³/mol. The molecule has 8 heteroatoms. The normalized spacial score (nSPS) is 15.3. The van der Waals surface area contributed by atoms with Crippen LogP contribution >= 0.6 is 23.6 Å². The smallest absolute Gasteiger partial charge is 0.311 e. The molecule has 3 heterocycles. The molecule has 1 fully saturated rings. The molecule has 0 radical (unpaired) electrons. The van der Waals surface area contributed by atoms with Crippen LogP contribution in [0, 0.1) is 3.95 Å². The number of piperazine rings is 1. The largest absolute Gasteiger partial charge is 0.466 e. The molecule has 3 rings (SSSR count). The van der Waals surface area contributed by atoms with E-state index in [1.165, 1.54) is 17.0 Å². The Morgan fingerprint density at radius 1 is 1.28 bits per heavy atom. The van der Waals surface area contributed by atoms with Gasteiger partial charge >= 0.3 is 5.97 Å². The molecule has 0 bridgehead atoms. The van der Waals surface area contributed by atoms with Crippen molar-refractivity contribution in [2.45, 2.75) is 20.0 Å². The van der Waals surface area contributed by atoms with E-state index < -0.39 is 0 Å². The lowest BCUT2D eigenvalue weighted by atomic mass is 10.3. The van der Waals surface area contributed by atoms with Gasteiger partial charge in [-0.25, -0.2) is 0 Å². The number of carbonyl (C=O) groups is 1. The number of nitrogens with zero attached hydrogens (tertiary/aromatic N) is 4. The molecule has 1 aliphatic heterocycles. The van der Waals surface area contributed by atoms with Gasteiger partial charge < -0.3 is 14.2 Å². The maximum absolute atomic E-state index is 11.8. The number of hydrogen-bond donors (Lipinski definition) is 0. The Kier molecular flexibility index (Phi) is 6.17. The Morgan fingerprint density at radius 2 is 2.00 bits per heavy atom. The summed E-state index contributed by atoms with van der Waals surface area (Å²) in [4.78, 5) is 20.6. The fourth-order valence-corrected chi connectivity index (χ4v) is 3.98. The first-order valence-corrected chi connectivity index (χ1v) is 9.66. The number of ether oxygens (including phenoxy) is 1. The van der Waals surface area contributed by atoms with E-state index in [0.29, 0.717) is 6.61 Å². The number of aromatic nitrogens is 2. The first-order chi connectivity index (χ1) is 12.2. The molecule has 0 N–H and O–H groups in total. The number of hydrogen-bond acceptors (Lipinski definition) is 7. The Morgan fingerprint density at radius 3 is 2.68 bits per heavy atom. The summed E-state index contributed by atoms with van der Waals surface area (Å²) in [5.74, 6) is -0.202. The molecule has 0 unspecified atom stereocenters. The number of thiazole rings is 1. The highest BCUT2D eigenvalue weighted by Gasteiger charge is 2.19. The van der Waals surface area contributed by atoms with Crippen LogP contribution in [0.15, 0.2) is 29.9 Å². The van der Waals surface area contributed by atoms with Crippen LogP contribution < -0.4 is 4.90 Å². The highest BCUT2D eigenvalue weighted by Crippen LogP contribution is 2.17. The zero-order valence-electron chi connectivity index (χ0n) is 14.3. The maximum atomic E-state index is 11.8. The van der Waals surface area contributed by atoms with E-state index >= 15 is 0 Å². The van der Waals surface area contributed by atoms with Crippen molar-refractivity contribution in [3.8, 4) is 0 Å². The lowest BCUT2D eigenvalue weighted by molar-refractivity contribution is -0.142. The van der Waals surface area contributed by atoms with Crippen LogP contribution in [-0.4, -0.2) is 53.2 Å². The van der Waals surface area contributed by atoms with Crippen molar-refractivity contribution in [2.75, 3.05) is 37.7 Å². The first-order valence-electron chi connectivity index (χ1n) is 8.37. The second-order valence-corrected chi connectivity index (χ2v) is 7.36. The molecular weight excluding hydrogens is 356 g/mol. The molecular formula is C17H22N4O2S2. The second kappa shape index (κ2) is 8.55. The summed E-state index contributed by atoms with van der Waals surface area (Å²) in [7, 11) is 0. The molecule has 0 aliphatic carbocycles. The summed E-state index contributed by atoms with van der Waals surface area (Å²) in [6.45, 7) is 6.79. The fourth-order valence-electron chi connectivity index (χ4n) is 2.91. The quantitative estimate of drug-likeness (QED) is 0.569. The van der Waals surface area contributed by atoms with Gasteiger partial charge in [0.1, 0.15) is 0 Å². The number of carbonyl (C=O) groups excluding carboxylic acids is 1. The van der Waals surface area contributed by atoms with E-state index in [9.17, 15) is 4.79 Å². The van der Waals surface area contributed by atoms with E-state index in [1.54, 1.807) is 0 Å². The zero-order chi connectivity index (χ0) is 17.6. The van der Waals surface area contributed by atoms with Crippen molar-refractivity contribution in [1.29, 1.82) is 0 Å². The summed E-state index contributed by atoms with van der Waals surface area (Å²) in [5, 5.41) is 1.96. The molecule has 1 saturated heterocycles. The number of rotatable bonds is 6. The SMILES string of the molecule is CCOC(=O)Cc1csc(=S)n1CN1CCN(c2ccncc2)CC1. The molecule has 25 heavy (non-hydrogen) atoms. The third-order valence-electron chi connectivity index (χ3n) is 4.24. The van der Waals surface area contributed by atoms with Gasteiger partial charge in [-0.3, -0.25) is 14.7 Å². The molecule has 0 saturated carbocycles. The molecule has 0 spiro atoms. The minimum atomic E-state index is -0.202. The summed E-state index contributed by atoms with van der Waals surface area (Å²) < 4.78 is 7.91. The molecule has 0 amide bonds. The van der Waals surface area contributed by atoms with E-state index in [0.717, 1.165) is 42.5 Å². The standard InChI is InChI=1S/C17H22N4O2S2/c1-2-23-16(22)11-15-12-25-17(24)21(15)13-19-7-9-20(10-8-19)14-3-5-18-6-4-14/h3-6,12H,2,7-11,13H2,1H3. The Hall–Kier alpha value is -1.77. The van der Waals surface area contributed by atoms with Gasteiger partial charge in [0.05, 0.1) is 19.7 Å². The highest BCUT2D eigenvalue weighted by molar-refractivity contribution is 7.73. The number of esters is 1. The van der Waals surface area contributed by atoms with E-state index in [1.807, 2.05) is 36.8 Å². The third kappa shape index (κ3) is 4.65. The molecule has 6 nitrogen and oxygen atoms in total. The lowest BCUT2D eigenvalue weighted by Gasteiger charge is -2.36. The van der Waals surface area contributed by atoms with Crippen LogP contribution in [0.2, 0.25) is 0 Å². The molecule has 2 aromatic rings. The van der Waals surface area contributed by atoms with Gasteiger partial charge in [0.15, 0.2) is 3.95 Å². The van der Waals surface area contributed by atoms with Crippen molar-refractivity contribution in [3.05, 3.63) is 39.6 Å². The lowest BCUT2D eigenvalue weighted by Crippen LogP contribution is -2.47. The molecule has 0 atom stereocenters. The third-order valence-corrected chi connectivity index (χ3v) is 5.56. The van der Waals surface area contributed by atoms with Gasteiger partial charge in [-0.15, -0.1) is 11.3 Å². The summed E-state index contributed by atoms with van der Waals surface area (Å²) >= 11 is 6.95. The average molecular weight is 379 g/mol. The van der Waals surface area contributed by atoms with E-state index in [-0.39, 0.29) is 12.4 Å². The van der Waals surface area contributed by atoms with Crippen molar-refractivity contribution in [1.82, 2.24) is 14.5 Å². The summed E-state index contributed by atoms with van der Waals surface area (Å²) in [6, 6.07) is 4.09. The van der Waals surface area contributed by atoms with Gasteiger partial charge in [-0.05, 0) is 31.3 Å². The second-order valence-electron chi connectivity index (χ2n) is 5.85. The monoisotopic (exact) mass is 378 g/mol. The predicted octanol–water partition coefficient (Wildman–Crippen LogP) is 2.56. The Balaban J connectivity index is 1.60. The summed E-state index contributed by atoms with van der Waals surface area (Å²) in [6.07, 6.45) is 3.93. The highest BCUT2D eigenvalue weighted by atomic mass is 32.1. The number of anilines is 1.